The van der Waals surface area contributed by atoms with Crippen molar-refractivity contribution in [3.63, 3.8) is 0 Å². The van der Waals surface area contributed by atoms with E-state index >= 15 is 0 Å². The van der Waals surface area contributed by atoms with Crippen molar-refractivity contribution < 1.29 is 0 Å². The van der Waals surface area contributed by atoms with Crippen LogP contribution in [0, 0.1) is 5.92 Å². The predicted octanol–water partition coefficient (Wildman–Crippen LogP) is 3.18. The van der Waals surface area contributed by atoms with Crippen LogP contribution < -0.4 is 5.32 Å². The fourth-order valence-electron chi connectivity index (χ4n) is 2.67. The first kappa shape index (κ1) is 13.6. The van der Waals surface area contributed by atoms with Crippen molar-refractivity contribution in [1.29, 1.82) is 0 Å². The van der Waals surface area contributed by atoms with Crippen LogP contribution in [0.3, 0.4) is 0 Å². The Labute approximate surface area is 111 Å². The Bertz CT molecular complexity index is 337. The van der Waals surface area contributed by atoms with Gasteiger partial charge in [-0.3, -0.25) is 4.68 Å². The molecule has 1 fully saturated rings. The van der Waals surface area contributed by atoms with E-state index in [-0.39, 0.29) is 0 Å². The highest BCUT2D eigenvalue weighted by molar-refractivity contribution is 5.00. The minimum absolute atomic E-state index is 0.663. The first-order valence-corrected chi connectivity index (χ1v) is 7.50. The Hall–Kier alpha value is -0.830. The standard InChI is InChI=1S/C15H27N3/c1-13(2)12-16-10-8-14-9-11-18(17-14)15-6-4-3-5-7-15/h9,11,13,15-16H,3-8,10,12H2,1-2H3. The minimum atomic E-state index is 0.663. The molecule has 0 aliphatic heterocycles. The van der Waals surface area contributed by atoms with Crippen molar-refractivity contribution in [1.82, 2.24) is 15.1 Å². The minimum Gasteiger partial charge on any atom is -0.316 e. The quantitative estimate of drug-likeness (QED) is 0.785. The Morgan fingerprint density at radius 3 is 2.83 bits per heavy atom. The van der Waals surface area contributed by atoms with Crippen LogP contribution in [0.5, 0.6) is 0 Å². The summed E-state index contributed by atoms with van der Waals surface area (Å²) in [5.41, 5.74) is 1.23. The molecule has 1 aromatic heterocycles. The van der Waals surface area contributed by atoms with Gasteiger partial charge >= 0.3 is 0 Å². The van der Waals surface area contributed by atoms with Gasteiger partial charge in [0.05, 0.1) is 11.7 Å². The number of nitrogens with zero attached hydrogens (tertiary/aromatic N) is 2. The molecule has 1 heterocycles. The molecule has 0 amide bonds. The first-order valence-electron chi connectivity index (χ1n) is 7.50. The summed E-state index contributed by atoms with van der Waals surface area (Å²) in [7, 11) is 0. The molecule has 0 saturated heterocycles. The Kier molecular flexibility index (Phi) is 5.24. The van der Waals surface area contributed by atoms with Gasteiger partial charge < -0.3 is 5.32 Å². The molecule has 0 atom stereocenters. The molecule has 1 saturated carbocycles. The summed E-state index contributed by atoms with van der Waals surface area (Å²) in [6, 6.07) is 2.85. The highest BCUT2D eigenvalue weighted by Gasteiger charge is 2.15. The molecule has 0 radical (unpaired) electrons. The maximum absolute atomic E-state index is 4.73. The summed E-state index contributed by atoms with van der Waals surface area (Å²) in [6.07, 6.45) is 10.00. The van der Waals surface area contributed by atoms with Gasteiger partial charge in [-0.15, -0.1) is 0 Å². The van der Waals surface area contributed by atoms with Gasteiger partial charge in [0.2, 0.25) is 0 Å². The largest absolute Gasteiger partial charge is 0.316 e. The molecule has 0 spiro atoms. The third-order valence-electron chi connectivity index (χ3n) is 3.72. The van der Waals surface area contributed by atoms with Crippen molar-refractivity contribution in [2.45, 2.75) is 58.4 Å². The first-order chi connectivity index (χ1) is 8.75. The summed E-state index contributed by atoms with van der Waals surface area (Å²) >= 11 is 0. The van der Waals surface area contributed by atoms with Gasteiger partial charge in [-0.25, -0.2) is 0 Å². The van der Waals surface area contributed by atoms with Crippen molar-refractivity contribution in [3.8, 4) is 0 Å². The molecular formula is C15H27N3. The molecule has 0 bridgehead atoms. The second-order valence-electron chi connectivity index (χ2n) is 5.93. The molecular weight excluding hydrogens is 222 g/mol. The molecule has 1 aliphatic carbocycles. The van der Waals surface area contributed by atoms with Gasteiger partial charge in [0, 0.05) is 19.2 Å². The predicted molar refractivity (Wildman–Crippen MR) is 75.8 cm³/mol. The molecule has 1 aromatic rings. The molecule has 1 aliphatic rings. The number of hydrogen-bond acceptors (Lipinski definition) is 2. The Balaban J connectivity index is 1.75. The maximum Gasteiger partial charge on any atom is 0.0637 e. The van der Waals surface area contributed by atoms with Crippen molar-refractivity contribution >= 4 is 0 Å². The fraction of sp³-hybridized carbons (Fsp3) is 0.800. The van der Waals surface area contributed by atoms with Crippen LogP contribution in [0.1, 0.15) is 57.7 Å². The highest BCUT2D eigenvalue weighted by atomic mass is 15.3. The van der Waals surface area contributed by atoms with E-state index in [0.717, 1.165) is 25.4 Å². The fourth-order valence-corrected chi connectivity index (χ4v) is 2.67. The summed E-state index contributed by atoms with van der Waals surface area (Å²) in [4.78, 5) is 0. The van der Waals surface area contributed by atoms with Crippen LogP contribution in [0.25, 0.3) is 0 Å². The Morgan fingerprint density at radius 2 is 2.11 bits per heavy atom. The monoisotopic (exact) mass is 249 g/mol. The summed E-state index contributed by atoms with van der Waals surface area (Å²) in [5.74, 6) is 0.727. The smallest absolute Gasteiger partial charge is 0.0637 e. The number of hydrogen-bond donors (Lipinski definition) is 1. The zero-order valence-corrected chi connectivity index (χ0v) is 11.9. The second kappa shape index (κ2) is 6.93. The van der Waals surface area contributed by atoms with E-state index in [0.29, 0.717) is 6.04 Å². The van der Waals surface area contributed by atoms with Crippen molar-refractivity contribution in [3.05, 3.63) is 18.0 Å². The summed E-state index contributed by atoms with van der Waals surface area (Å²) in [5, 5.41) is 8.20. The number of rotatable bonds is 6. The van der Waals surface area contributed by atoms with Gasteiger partial charge in [-0.2, -0.15) is 5.10 Å². The van der Waals surface area contributed by atoms with Gasteiger partial charge in [0.15, 0.2) is 0 Å². The molecule has 102 valence electrons. The summed E-state index contributed by atoms with van der Waals surface area (Å²) < 4.78 is 2.21. The van der Waals surface area contributed by atoms with Gasteiger partial charge in [0.1, 0.15) is 0 Å². The van der Waals surface area contributed by atoms with Crippen LogP contribution in [-0.2, 0) is 6.42 Å². The Morgan fingerprint density at radius 1 is 1.33 bits per heavy atom. The lowest BCUT2D eigenvalue weighted by atomic mass is 9.96. The van der Waals surface area contributed by atoms with Crippen LogP contribution in [0.15, 0.2) is 12.3 Å². The molecule has 0 unspecified atom stereocenters. The zero-order valence-electron chi connectivity index (χ0n) is 11.9. The lowest BCUT2D eigenvalue weighted by Gasteiger charge is -2.21. The van der Waals surface area contributed by atoms with Crippen LogP contribution in [-0.4, -0.2) is 22.9 Å². The van der Waals surface area contributed by atoms with E-state index in [1.807, 2.05) is 0 Å². The van der Waals surface area contributed by atoms with Crippen molar-refractivity contribution in [2.24, 2.45) is 5.92 Å². The number of nitrogens with one attached hydrogen (secondary N) is 1. The molecule has 3 nitrogen and oxygen atoms in total. The van der Waals surface area contributed by atoms with E-state index in [9.17, 15) is 0 Å². The van der Waals surface area contributed by atoms with E-state index in [2.05, 4.69) is 36.1 Å². The van der Waals surface area contributed by atoms with Crippen LogP contribution in [0.2, 0.25) is 0 Å². The molecule has 0 aromatic carbocycles. The average molecular weight is 249 g/mol. The normalized spacial score (nSPS) is 17.5. The lowest BCUT2D eigenvalue weighted by Crippen LogP contribution is -2.22. The topological polar surface area (TPSA) is 29.9 Å². The van der Waals surface area contributed by atoms with E-state index in [1.54, 1.807) is 0 Å². The third-order valence-corrected chi connectivity index (χ3v) is 3.72. The molecule has 2 rings (SSSR count). The van der Waals surface area contributed by atoms with E-state index in [4.69, 9.17) is 5.10 Å². The average Bonchev–Trinajstić information content (AvgIpc) is 2.84. The van der Waals surface area contributed by atoms with Crippen LogP contribution >= 0.6 is 0 Å². The SMILES string of the molecule is CC(C)CNCCc1ccn(C2CCCCC2)n1. The van der Waals surface area contributed by atoms with Gasteiger partial charge in [-0.1, -0.05) is 33.1 Å². The second-order valence-corrected chi connectivity index (χ2v) is 5.93. The number of aromatic nitrogens is 2. The van der Waals surface area contributed by atoms with E-state index in [1.165, 1.54) is 37.8 Å². The van der Waals surface area contributed by atoms with Gasteiger partial charge in [-0.05, 0) is 31.4 Å². The molecule has 18 heavy (non-hydrogen) atoms. The summed E-state index contributed by atoms with van der Waals surface area (Å²) in [6.45, 7) is 6.62. The van der Waals surface area contributed by atoms with E-state index < -0.39 is 0 Å². The molecule has 1 N–H and O–H groups in total. The van der Waals surface area contributed by atoms with Gasteiger partial charge in [0.25, 0.3) is 0 Å². The lowest BCUT2D eigenvalue weighted by molar-refractivity contribution is 0.328. The zero-order chi connectivity index (χ0) is 12.8. The van der Waals surface area contributed by atoms with Crippen LogP contribution in [0.4, 0.5) is 0 Å². The molecule has 3 heteroatoms. The van der Waals surface area contributed by atoms with Crippen molar-refractivity contribution in [2.75, 3.05) is 13.1 Å². The maximum atomic E-state index is 4.73. The highest BCUT2D eigenvalue weighted by Crippen LogP contribution is 2.27. The third kappa shape index (κ3) is 4.13.